The van der Waals surface area contributed by atoms with Gasteiger partial charge in [-0.1, -0.05) is 136 Å². The SMILES string of the molecule is CCCCCCCCCCCCCC[C@@H](O)[C@@H](O)[C@H](CO[C@@H]1O[C@H](CO)[C@H](O)C(O)C1O)NC(=O)CCCCCCCCCC. The topological polar surface area (TPSA) is 169 Å². The number of carbonyl (C=O) groups is 1. The summed E-state index contributed by atoms with van der Waals surface area (Å²) in [5.41, 5.74) is 0. The highest BCUT2D eigenvalue weighted by Crippen LogP contribution is 2.23. The molecule has 10 heteroatoms. The van der Waals surface area contributed by atoms with E-state index in [1.807, 2.05) is 0 Å². The maximum absolute atomic E-state index is 12.8. The Labute approximate surface area is 273 Å². The van der Waals surface area contributed by atoms with Gasteiger partial charge in [0.1, 0.15) is 30.5 Å². The number of carbonyl (C=O) groups excluding carboxylic acids is 1. The number of unbranched alkanes of at least 4 members (excludes halogenated alkanes) is 18. The van der Waals surface area contributed by atoms with Crippen molar-refractivity contribution in [2.24, 2.45) is 0 Å². The average Bonchev–Trinajstić information content (AvgIpc) is 3.04. The highest BCUT2D eigenvalue weighted by molar-refractivity contribution is 5.76. The molecule has 0 spiro atoms. The Morgan fingerprint density at radius 2 is 1.16 bits per heavy atom. The van der Waals surface area contributed by atoms with Crippen molar-refractivity contribution in [2.75, 3.05) is 13.2 Å². The second-order valence-corrected chi connectivity index (χ2v) is 13.2. The van der Waals surface area contributed by atoms with Crippen LogP contribution in [0.3, 0.4) is 0 Å². The van der Waals surface area contributed by atoms with Crippen molar-refractivity contribution in [1.82, 2.24) is 5.32 Å². The second-order valence-electron chi connectivity index (χ2n) is 13.2. The molecule has 1 saturated heterocycles. The zero-order chi connectivity index (χ0) is 33.3. The molecule has 1 aliphatic rings. The lowest BCUT2D eigenvalue weighted by molar-refractivity contribution is -0.303. The van der Waals surface area contributed by atoms with Crippen molar-refractivity contribution in [3.63, 3.8) is 0 Å². The van der Waals surface area contributed by atoms with Crippen molar-refractivity contribution in [3.8, 4) is 0 Å². The summed E-state index contributed by atoms with van der Waals surface area (Å²) in [5.74, 6) is -0.264. The molecule has 1 amide bonds. The molecule has 0 saturated carbocycles. The Morgan fingerprint density at radius 3 is 1.64 bits per heavy atom. The third kappa shape index (κ3) is 18.9. The van der Waals surface area contributed by atoms with E-state index in [0.717, 1.165) is 51.4 Å². The van der Waals surface area contributed by atoms with Crippen LogP contribution in [0.4, 0.5) is 0 Å². The Balaban J connectivity index is 2.52. The molecule has 8 atom stereocenters. The second kappa shape index (κ2) is 27.1. The number of ether oxygens (including phenoxy) is 2. The van der Waals surface area contributed by atoms with Crippen LogP contribution in [0.5, 0.6) is 0 Å². The number of nitrogens with one attached hydrogen (secondary N) is 1. The van der Waals surface area contributed by atoms with E-state index in [4.69, 9.17) is 9.47 Å². The Bertz CT molecular complexity index is 698. The van der Waals surface area contributed by atoms with Crippen molar-refractivity contribution in [2.45, 2.75) is 204 Å². The Kier molecular flexibility index (Phi) is 25.4. The van der Waals surface area contributed by atoms with Crippen molar-refractivity contribution in [3.05, 3.63) is 0 Å². The molecule has 0 aromatic carbocycles. The quantitative estimate of drug-likeness (QED) is 0.0572. The molecule has 2 unspecified atom stereocenters. The van der Waals surface area contributed by atoms with Gasteiger partial charge in [-0.15, -0.1) is 0 Å². The van der Waals surface area contributed by atoms with Gasteiger partial charge in [-0.25, -0.2) is 0 Å². The van der Waals surface area contributed by atoms with Crippen molar-refractivity contribution in [1.29, 1.82) is 0 Å². The number of aliphatic hydroxyl groups is 6. The molecule has 7 N–H and O–H groups in total. The van der Waals surface area contributed by atoms with Gasteiger partial charge < -0.3 is 45.4 Å². The third-order valence-electron chi connectivity index (χ3n) is 9.05. The normalized spacial score (nSPS) is 24.0. The van der Waals surface area contributed by atoms with E-state index in [2.05, 4.69) is 19.2 Å². The third-order valence-corrected chi connectivity index (χ3v) is 9.05. The average molecular weight is 648 g/mol. The first-order valence-corrected chi connectivity index (χ1v) is 18.3. The fourth-order valence-corrected chi connectivity index (χ4v) is 5.96. The van der Waals surface area contributed by atoms with Gasteiger partial charge in [-0.3, -0.25) is 4.79 Å². The first-order valence-electron chi connectivity index (χ1n) is 18.3. The van der Waals surface area contributed by atoms with Gasteiger partial charge in [-0.05, 0) is 12.8 Å². The summed E-state index contributed by atoms with van der Waals surface area (Å²) in [4.78, 5) is 12.8. The summed E-state index contributed by atoms with van der Waals surface area (Å²) >= 11 is 0. The van der Waals surface area contributed by atoms with Crippen molar-refractivity contribution >= 4 is 5.91 Å². The molecule has 1 aliphatic heterocycles. The van der Waals surface area contributed by atoms with E-state index in [1.165, 1.54) is 77.0 Å². The van der Waals surface area contributed by atoms with E-state index in [0.29, 0.717) is 6.42 Å². The first kappa shape index (κ1) is 42.2. The van der Waals surface area contributed by atoms with Gasteiger partial charge in [0, 0.05) is 6.42 Å². The fraction of sp³-hybridized carbons (Fsp3) is 0.971. The summed E-state index contributed by atoms with van der Waals surface area (Å²) in [6.45, 7) is 3.53. The summed E-state index contributed by atoms with van der Waals surface area (Å²) < 4.78 is 11.1. The van der Waals surface area contributed by atoms with E-state index in [9.17, 15) is 35.4 Å². The fourth-order valence-electron chi connectivity index (χ4n) is 5.96. The van der Waals surface area contributed by atoms with Crippen LogP contribution in [0, 0.1) is 0 Å². The van der Waals surface area contributed by atoms with E-state index < -0.39 is 55.6 Å². The number of aliphatic hydroxyl groups excluding tert-OH is 6. The van der Waals surface area contributed by atoms with Gasteiger partial charge in [-0.2, -0.15) is 0 Å². The minimum absolute atomic E-state index is 0.264. The zero-order valence-electron chi connectivity index (χ0n) is 28.5. The standard InChI is InChI=1S/C35H69NO9/c1-3-5-7-9-11-13-14-15-16-17-19-21-23-28(38)31(40)27(36-30(39)24-22-20-18-12-10-8-6-4-2)26-44-35-34(43)33(42)32(41)29(25-37)45-35/h27-29,31-35,37-38,40-43H,3-26H2,1-2H3,(H,36,39)/t27-,28+,29+,31-,32-,33?,34?,35+/m0/s1. The van der Waals surface area contributed by atoms with Crippen LogP contribution in [0.25, 0.3) is 0 Å². The number of hydrogen-bond donors (Lipinski definition) is 7. The zero-order valence-corrected chi connectivity index (χ0v) is 28.5. The molecule has 0 aromatic heterocycles. The van der Waals surface area contributed by atoms with Gasteiger partial charge in [0.05, 0.1) is 25.4 Å². The maximum Gasteiger partial charge on any atom is 0.220 e. The molecule has 10 nitrogen and oxygen atoms in total. The molecule has 0 radical (unpaired) electrons. The minimum atomic E-state index is -1.60. The largest absolute Gasteiger partial charge is 0.394 e. The Hall–Kier alpha value is -0.850. The number of rotatable bonds is 29. The predicted octanol–water partition coefficient (Wildman–Crippen LogP) is 4.63. The van der Waals surface area contributed by atoms with Gasteiger partial charge in [0.15, 0.2) is 6.29 Å². The van der Waals surface area contributed by atoms with E-state index in [1.54, 1.807) is 0 Å². The summed E-state index contributed by atoms with van der Waals surface area (Å²) in [6, 6.07) is -0.980. The molecular formula is C35H69NO9. The smallest absolute Gasteiger partial charge is 0.220 e. The number of amides is 1. The molecule has 1 fully saturated rings. The Morgan fingerprint density at radius 1 is 0.689 bits per heavy atom. The molecule has 0 bridgehead atoms. The number of hydrogen-bond acceptors (Lipinski definition) is 9. The van der Waals surface area contributed by atoms with Crippen LogP contribution in [0.1, 0.15) is 155 Å². The highest BCUT2D eigenvalue weighted by Gasteiger charge is 2.44. The lowest BCUT2D eigenvalue weighted by atomic mass is 9.98. The predicted molar refractivity (Wildman–Crippen MR) is 177 cm³/mol. The summed E-state index contributed by atoms with van der Waals surface area (Å²) in [7, 11) is 0. The lowest BCUT2D eigenvalue weighted by Gasteiger charge is -2.40. The minimum Gasteiger partial charge on any atom is -0.394 e. The molecule has 268 valence electrons. The molecule has 1 heterocycles. The van der Waals surface area contributed by atoms with Gasteiger partial charge in [0.2, 0.25) is 5.91 Å². The van der Waals surface area contributed by atoms with E-state index in [-0.39, 0.29) is 18.9 Å². The van der Waals surface area contributed by atoms with Crippen LogP contribution in [-0.4, -0.2) is 98.7 Å². The van der Waals surface area contributed by atoms with Gasteiger partial charge in [0.25, 0.3) is 0 Å². The van der Waals surface area contributed by atoms with Crippen LogP contribution in [0.15, 0.2) is 0 Å². The van der Waals surface area contributed by atoms with Crippen LogP contribution < -0.4 is 5.32 Å². The highest BCUT2D eigenvalue weighted by atomic mass is 16.7. The summed E-state index contributed by atoms with van der Waals surface area (Å²) in [6.07, 6.45) is 14.2. The maximum atomic E-state index is 12.8. The molecule has 1 rings (SSSR count). The van der Waals surface area contributed by atoms with Crippen molar-refractivity contribution < 1.29 is 44.9 Å². The monoisotopic (exact) mass is 647 g/mol. The first-order chi connectivity index (χ1) is 21.8. The van der Waals surface area contributed by atoms with Gasteiger partial charge >= 0.3 is 0 Å². The van der Waals surface area contributed by atoms with Crippen LogP contribution >= 0.6 is 0 Å². The summed E-state index contributed by atoms with van der Waals surface area (Å²) in [5, 5.41) is 64.5. The van der Waals surface area contributed by atoms with Crippen LogP contribution in [-0.2, 0) is 14.3 Å². The lowest BCUT2D eigenvalue weighted by Crippen LogP contribution is -2.60. The molecule has 0 aliphatic carbocycles. The molecule has 0 aromatic rings. The van der Waals surface area contributed by atoms with E-state index >= 15 is 0 Å². The molecular weight excluding hydrogens is 578 g/mol. The van der Waals surface area contributed by atoms with Crippen LogP contribution in [0.2, 0.25) is 0 Å². The molecule has 45 heavy (non-hydrogen) atoms.